The lowest BCUT2D eigenvalue weighted by atomic mass is 10.1. The number of hydrogen-bond donors (Lipinski definition) is 0. The number of nitrogens with zero attached hydrogens (tertiary/aromatic N) is 3. The van der Waals surface area contributed by atoms with Gasteiger partial charge in [-0.05, 0) is 33.0 Å². The molecule has 2 unspecified atom stereocenters. The van der Waals surface area contributed by atoms with Gasteiger partial charge in [0.25, 0.3) is 5.91 Å². The SMILES string of the molecule is CC1CN(C(=O)c2cnc(-c3ccccc3)o2)C(C)CN1C. The molecule has 0 aliphatic carbocycles. The Morgan fingerprint density at radius 3 is 2.64 bits per heavy atom. The van der Waals surface area contributed by atoms with Crippen LogP contribution in [0.1, 0.15) is 24.4 Å². The standard InChI is InChI=1S/C17H21N3O2/c1-12-11-20(13(2)10-19(12)3)17(21)15-9-18-16(22-15)14-7-5-4-6-8-14/h4-9,12-13H,10-11H2,1-3H3. The van der Waals surface area contributed by atoms with Crippen LogP contribution < -0.4 is 0 Å². The highest BCUT2D eigenvalue weighted by molar-refractivity contribution is 5.92. The van der Waals surface area contributed by atoms with Crippen LogP contribution in [0.5, 0.6) is 0 Å². The van der Waals surface area contributed by atoms with Gasteiger partial charge in [0, 0.05) is 30.7 Å². The number of aromatic nitrogens is 1. The lowest BCUT2D eigenvalue weighted by Gasteiger charge is -2.42. The maximum Gasteiger partial charge on any atom is 0.291 e. The molecule has 2 aromatic rings. The van der Waals surface area contributed by atoms with E-state index in [1.165, 1.54) is 6.20 Å². The van der Waals surface area contributed by atoms with Crippen molar-refractivity contribution in [1.82, 2.24) is 14.8 Å². The van der Waals surface area contributed by atoms with E-state index in [2.05, 4.69) is 30.8 Å². The second-order valence-corrected chi connectivity index (χ2v) is 5.99. The normalized spacial score (nSPS) is 22.8. The van der Waals surface area contributed by atoms with Gasteiger partial charge in [-0.2, -0.15) is 0 Å². The summed E-state index contributed by atoms with van der Waals surface area (Å²) in [6.45, 7) is 5.77. The van der Waals surface area contributed by atoms with Crippen molar-refractivity contribution in [3.8, 4) is 11.5 Å². The summed E-state index contributed by atoms with van der Waals surface area (Å²) < 4.78 is 5.68. The summed E-state index contributed by atoms with van der Waals surface area (Å²) >= 11 is 0. The van der Waals surface area contributed by atoms with Crippen molar-refractivity contribution >= 4 is 5.91 Å². The Hall–Kier alpha value is -2.14. The first-order valence-electron chi connectivity index (χ1n) is 7.58. The number of amides is 1. The molecule has 1 aliphatic rings. The average Bonchev–Trinajstić information content (AvgIpc) is 3.01. The number of carbonyl (C=O) groups is 1. The fourth-order valence-corrected chi connectivity index (χ4v) is 2.81. The van der Waals surface area contributed by atoms with Crippen LogP contribution in [0.25, 0.3) is 11.5 Å². The first-order valence-corrected chi connectivity index (χ1v) is 7.58. The third-order valence-electron chi connectivity index (χ3n) is 4.30. The molecule has 0 N–H and O–H groups in total. The Balaban J connectivity index is 1.80. The van der Waals surface area contributed by atoms with E-state index in [1.54, 1.807) is 0 Å². The van der Waals surface area contributed by atoms with Crippen LogP contribution in [-0.2, 0) is 0 Å². The van der Waals surface area contributed by atoms with Crippen LogP contribution in [-0.4, -0.2) is 52.9 Å². The summed E-state index contributed by atoms with van der Waals surface area (Å²) in [6.07, 6.45) is 1.53. The summed E-state index contributed by atoms with van der Waals surface area (Å²) in [4.78, 5) is 21.1. The van der Waals surface area contributed by atoms with E-state index in [4.69, 9.17) is 4.42 Å². The Bertz CT molecular complexity index is 653. The predicted octanol–water partition coefficient (Wildman–Crippen LogP) is 2.51. The predicted molar refractivity (Wildman–Crippen MR) is 84.5 cm³/mol. The van der Waals surface area contributed by atoms with Gasteiger partial charge in [0.15, 0.2) is 0 Å². The molecule has 5 heteroatoms. The molecule has 1 saturated heterocycles. The van der Waals surface area contributed by atoms with Crippen LogP contribution in [0.15, 0.2) is 40.9 Å². The monoisotopic (exact) mass is 299 g/mol. The van der Waals surface area contributed by atoms with Crippen LogP contribution in [0, 0.1) is 0 Å². The highest BCUT2D eigenvalue weighted by Crippen LogP contribution is 2.21. The van der Waals surface area contributed by atoms with E-state index < -0.39 is 0 Å². The minimum absolute atomic E-state index is 0.0814. The number of hydrogen-bond acceptors (Lipinski definition) is 4. The second kappa shape index (κ2) is 5.93. The van der Waals surface area contributed by atoms with Gasteiger partial charge >= 0.3 is 0 Å². The Labute approximate surface area is 130 Å². The lowest BCUT2D eigenvalue weighted by Crippen LogP contribution is -2.56. The third-order valence-corrected chi connectivity index (χ3v) is 4.30. The van der Waals surface area contributed by atoms with E-state index in [0.29, 0.717) is 24.2 Å². The third kappa shape index (κ3) is 2.76. The van der Waals surface area contributed by atoms with Crippen molar-refractivity contribution in [3.63, 3.8) is 0 Å². The highest BCUT2D eigenvalue weighted by Gasteiger charge is 2.32. The fourth-order valence-electron chi connectivity index (χ4n) is 2.81. The molecule has 0 spiro atoms. The van der Waals surface area contributed by atoms with E-state index in [9.17, 15) is 4.79 Å². The minimum Gasteiger partial charge on any atom is -0.431 e. The summed E-state index contributed by atoms with van der Waals surface area (Å²) in [6, 6.07) is 10.1. The maximum atomic E-state index is 12.7. The molecule has 3 rings (SSSR count). The number of carbonyl (C=O) groups excluding carboxylic acids is 1. The van der Waals surface area contributed by atoms with Crippen LogP contribution >= 0.6 is 0 Å². The fraction of sp³-hybridized carbons (Fsp3) is 0.412. The zero-order valence-corrected chi connectivity index (χ0v) is 13.2. The molecular formula is C17H21N3O2. The second-order valence-electron chi connectivity index (χ2n) is 5.99. The molecular weight excluding hydrogens is 278 g/mol. The molecule has 22 heavy (non-hydrogen) atoms. The van der Waals surface area contributed by atoms with Crippen LogP contribution in [0.4, 0.5) is 0 Å². The molecule has 1 aromatic heterocycles. The molecule has 2 heterocycles. The van der Waals surface area contributed by atoms with Gasteiger partial charge in [0.2, 0.25) is 11.7 Å². The van der Waals surface area contributed by atoms with Crippen molar-refractivity contribution in [3.05, 3.63) is 42.3 Å². The number of likely N-dealkylation sites (N-methyl/N-ethyl adjacent to an activating group) is 1. The topological polar surface area (TPSA) is 49.6 Å². The van der Waals surface area contributed by atoms with Gasteiger partial charge in [-0.25, -0.2) is 4.98 Å². The van der Waals surface area contributed by atoms with Crippen molar-refractivity contribution in [2.75, 3.05) is 20.1 Å². The van der Waals surface area contributed by atoms with E-state index >= 15 is 0 Å². The van der Waals surface area contributed by atoms with Crippen LogP contribution in [0.2, 0.25) is 0 Å². The van der Waals surface area contributed by atoms with Crippen molar-refractivity contribution in [2.24, 2.45) is 0 Å². The van der Waals surface area contributed by atoms with Gasteiger partial charge in [-0.3, -0.25) is 9.69 Å². The van der Waals surface area contributed by atoms with Gasteiger partial charge < -0.3 is 9.32 Å². The molecule has 1 aliphatic heterocycles. The molecule has 1 aromatic carbocycles. The Morgan fingerprint density at radius 2 is 1.91 bits per heavy atom. The highest BCUT2D eigenvalue weighted by atomic mass is 16.4. The zero-order chi connectivity index (χ0) is 15.7. The Kier molecular flexibility index (Phi) is 3.98. The van der Waals surface area contributed by atoms with Gasteiger partial charge in [0.05, 0.1) is 6.20 Å². The van der Waals surface area contributed by atoms with E-state index in [1.807, 2.05) is 35.2 Å². The van der Waals surface area contributed by atoms with Crippen molar-refractivity contribution in [2.45, 2.75) is 25.9 Å². The molecule has 0 radical (unpaired) electrons. The molecule has 1 amide bonds. The van der Waals surface area contributed by atoms with Crippen molar-refractivity contribution in [1.29, 1.82) is 0 Å². The number of rotatable bonds is 2. The number of oxazole rings is 1. The minimum atomic E-state index is -0.0814. The van der Waals surface area contributed by atoms with Crippen LogP contribution in [0.3, 0.4) is 0 Å². The molecule has 5 nitrogen and oxygen atoms in total. The largest absolute Gasteiger partial charge is 0.431 e. The van der Waals surface area contributed by atoms with Crippen molar-refractivity contribution < 1.29 is 9.21 Å². The molecule has 0 bridgehead atoms. The van der Waals surface area contributed by atoms with E-state index in [-0.39, 0.29) is 11.9 Å². The average molecular weight is 299 g/mol. The zero-order valence-electron chi connectivity index (χ0n) is 13.2. The summed E-state index contributed by atoms with van der Waals surface area (Å²) in [7, 11) is 2.09. The van der Waals surface area contributed by atoms with Gasteiger partial charge in [-0.15, -0.1) is 0 Å². The van der Waals surface area contributed by atoms with Gasteiger partial charge in [0.1, 0.15) is 0 Å². The quantitative estimate of drug-likeness (QED) is 0.855. The van der Waals surface area contributed by atoms with Gasteiger partial charge in [-0.1, -0.05) is 18.2 Å². The first-order chi connectivity index (χ1) is 10.6. The molecule has 2 atom stereocenters. The number of piperazine rings is 1. The van der Waals surface area contributed by atoms with E-state index in [0.717, 1.165) is 12.1 Å². The number of benzene rings is 1. The molecule has 1 fully saturated rings. The smallest absolute Gasteiger partial charge is 0.291 e. The molecule has 116 valence electrons. The summed E-state index contributed by atoms with van der Waals surface area (Å²) in [5.41, 5.74) is 0.876. The Morgan fingerprint density at radius 1 is 1.18 bits per heavy atom. The summed E-state index contributed by atoms with van der Waals surface area (Å²) in [5, 5.41) is 0. The maximum absolute atomic E-state index is 12.7. The molecule has 0 saturated carbocycles. The summed E-state index contributed by atoms with van der Waals surface area (Å²) in [5.74, 6) is 0.711. The first kappa shape index (κ1) is 14.8. The lowest BCUT2D eigenvalue weighted by molar-refractivity contribution is 0.0371.